The van der Waals surface area contributed by atoms with E-state index in [0.29, 0.717) is 5.92 Å². The van der Waals surface area contributed by atoms with Crippen molar-refractivity contribution >= 4 is 0 Å². The van der Waals surface area contributed by atoms with Crippen LogP contribution >= 0.6 is 0 Å². The summed E-state index contributed by atoms with van der Waals surface area (Å²) in [5, 5.41) is 8.90. The Labute approximate surface area is 86.4 Å². The molecule has 1 nitrogen and oxygen atoms in total. The minimum Gasteiger partial charge on any atom is -0.198 e. The highest BCUT2D eigenvalue weighted by Gasteiger charge is 2.09. The maximum Gasteiger partial charge on any atom is 0.0701 e. The van der Waals surface area contributed by atoms with E-state index in [9.17, 15) is 0 Å². The van der Waals surface area contributed by atoms with Gasteiger partial charge in [-0.15, -0.1) is 0 Å². The number of nitrogens with zero attached hydrogens (tertiary/aromatic N) is 1. The molecule has 0 fully saturated rings. The van der Waals surface area contributed by atoms with Gasteiger partial charge in [0, 0.05) is 0 Å². The van der Waals surface area contributed by atoms with Crippen LogP contribution in [0.4, 0.5) is 0 Å². The Bertz CT molecular complexity index is 333. The highest BCUT2D eigenvalue weighted by Crippen LogP contribution is 2.21. The molecule has 0 saturated heterocycles. The zero-order chi connectivity index (χ0) is 10.6. The number of benzene rings is 1. The van der Waals surface area contributed by atoms with Gasteiger partial charge in [-0.2, -0.15) is 5.26 Å². The lowest BCUT2D eigenvalue weighted by Crippen LogP contribution is -2.01. The second-order valence-corrected chi connectivity index (χ2v) is 4.15. The van der Waals surface area contributed by atoms with Crippen LogP contribution in [0.2, 0.25) is 0 Å². The minimum absolute atomic E-state index is 0.00458. The van der Waals surface area contributed by atoms with Crippen molar-refractivity contribution in [1.29, 1.82) is 5.26 Å². The topological polar surface area (TPSA) is 23.8 Å². The highest BCUT2D eigenvalue weighted by molar-refractivity contribution is 5.33. The van der Waals surface area contributed by atoms with E-state index in [0.717, 1.165) is 6.42 Å². The van der Waals surface area contributed by atoms with Crippen LogP contribution in [0.3, 0.4) is 0 Å². The molecule has 74 valence electrons. The van der Waals surface area contributed by atoms with Gasteiger partial charge in [-0.1, -0.05) is 38.1 Å². The van der Waals surface area contributed by atoms with Crippen molar-refractivity contribution in [2.45, 2.75) is 33.1 Å². The van der Waals surface area contributed by atoms with Gasteiger partial charge < -0.3 is 0 Å². The second-order valence-electron chi connectivity index (χ2n) is 4.15. The molecule has 1 atom stereocenters. The Morgan fingerprint density at radius 1 is 1.21 bits per heavy atom. The molecule has 0 amide bonds. The quantitative estimate of drug-likeness (QED) is 0.710. The lowest BCUT2D eigenvalue weighted by molar-refractivity contribution is 0.641. The first kappa shape index (κ1) is 10.8. The molecule has 0 aliphatic rings. The summed E-state index contributed by atoms with van der Waals surface area (Å²) in [6.45, 7) is 6.36. The fourth-order valence-corrected chi connectivity index (χ4v) is 1.65. The average molecular weight is 187 g/mol. The van der Waals surface area contributed by atoms with Gasteiger partial charge >= 0.3 is 0 Å². The minimum atomic E-state index is 0.00458. The normalized spacial score (nSPS) is 12.5. The third-order valence-corrected chi connectivity index (χ3v) is 2.34. The number of nitriles is 1. The molecule has 1 rings (SSSR count). The monoisotopic (exact) mass is 187 g/mol. The molecule has 0 radical (unpaired) electrons. The van der Waals surface area contributed by atoms with Crippen molar-refractivity contribution in [2.75, 3.05) is 0 Å². The van der Waals surface area contributed by atoms with E-state index < -0.39 is 0 Å². The van der Waals surface area contributed by atoms with Crippen molar-refractivity contribution in [2.24, 2.45) is 5.92 Å². The summed E-state index contributed by atoms with van der Waals surface area (Å²) in [4.78, 5) is 0. The van der Waals surface area contributed by atoms with Crippen LogP contribution in [0.5, 0.6) is 0 Å². The summed E-state index contributed by atoms with van der Waals surface area (Å²) < 4.78 is 0. The van der Waals surface area contributed by atoms with E-state index in [1.54, 1.807) is 0 Å². The van der Waals surface area contributed by atoms with Crippen LogP contribution in [0, 0.1) is 17.2 Å². The maximum absolute atomic E-state index is 8.90. The van der Waals surface area contributed by atoms with E-state index >= 15 is 0 Å². The second kappa shape index (κ2) is 4.81. The molecule has 1 heteroatoms. The summed E-state index contributed by atoms with van der Waals surface area (Å²) in [5.74, 6) is 0.645. The molecule has 0 saturated carbocycles. The Balaban J connectivity index is 2.98. The molecule has 1 aromatic carbocycles. The fraction of sp³-hybridized carbons (Fsp3) is 0.462. The Morgan fingerprint density at radius 2 is 1.86 bits per heavy atom. The molecular weight excluding hydrogens is 170 g/mol. The molecule has 0 heterocycles. The van der Waals surface area contributed by atoms with Crippen LogP contribution in [-0.2, 0) is 6.42 Å². The number of rotatable bonds is 3. The van der Waals surface area contributed by atoms with E-state index in [1.165, 1.54) is 11.1 Å². The lowest BCUT2D eigenvalue weighted by Gasteiger charge is -2.12. The third kappa shape index (κ3) is 2.60. The summed E-state index contributed by atoms with van der Waals surface area (Å²) >= 11 is 0. The largest absolute Gasteiger partial charge is 0.198 e. The fourth-order valence-electron chi connectivity index (χ4n) is 1.65. The van der Waals surface area contributed by atoms with Crippen molar-refractivity contribution in [3.8, 4) is 6.07 Å². The predicted octanol–water partition coefficient (Wildman–Crippen LogP) is 3.51. The van der Waals surface area contributed by atoms with Gasteiger partial charge in [-0.25, -0.2) is 0 Å². The smallest absolute Gasteiger partial charge is 0.0701 e. The zero-order valence-corrected chi connectivity index (χ0v) is 9.12. The highest BCUT2D eigenvalue weighted by atomic mass is 14.3. The number of hydrogen-bond donors (Lipinski definition) is 0. The zero-order valence-electron chi connectivity index (χ0n) is 9.12. The molecular formula is C13H17N. The number of hydrogen-bond acceptors (Lipinski definition) is 1. The first-order chi connectivity index (χ1) is 6.65. The Morgan fingerprint density at radius 3 is 2.43 bits per heavy atom. The van der Waals surface area contributed by atoms with Gasteiger partial charge in [0.05, 0.1) is 12.0 Å². The molecule has 1 unspecified atom stereocenters. The van der Waals surface area contributed by atoms with Gasteiger partial charge in [0.25, 0.3) is 0 Å². The summed E-state index contributed by atoms with van der Waals surface area (Å²) in [6, 6.07) is 10.5. The molecule has 0 aliphatic carbocycles. The van der Waals surface area contributed by atoms with Gasteiger partial charge in [0.1, 0.15) is 0 Å². The summed E-state index contributed by atoms with van der Waals surface area (Å²) in [5.41, 5.74) is 2.50. The molecule has 0 spiro atoms. The Hall–Kier alpha value is -1.29. The van der Waals surface area contributed by atoms with Crippen molar-refractivity contribution in [1.82, 2.24) is 0 Å². The lowest BCUT2D eigenvalue weighted by atomic mass is 9.92. The Kier molecular flexibility index (Phi) is 3.71. The summed E-state index contributed by atoms with van der Waals surface area (Å²) in [7, 11) is 0. The van der Waals surface area contributed by atoms with E-state index in [4.69, 9.17) is 5.26 Å². The molecule has 0 aromatic heterocycles. The standard InChI is InChI=1S/C13H17N/c1-10(2)8-12-6-4-5-7-13(12)11(3)9-14/h4-7,10-11H,8H2,1-3H3. The third-order valence-electron chi connectivity index (χ3n) is 2.34. The molecule has 1 aromatic rings. The SMILES string of the molecule is CC(C)Cc1ccccc1C(C)C#N. The van der Waals surface area contributed by atoms with Gasteiger partial charge in [-0.05, 0) is 30.4 Å². The van der Waals surface area contributed by atoms with Crippen LogP contribution in [0.1, 0.15) is 37.8 Å². The van der Waals surface area contributed by atoms with Gasteiger partial charge in [0.2, 0.25) is 0 Å². The van der Waals surface area contributed by atoms with Crippen molar-refractivity contribution in [3.05, 3.63) is 35.4 Å². The van der Waals surface area contributed by atoms with Crippen LogP contribution < -0.4 is 0 Å². The van der Waals surface area contributed by atoms with Crippen LogP contribution in [-0.4, -0.2) is 0 Å². The first-order valence-electron chi connectivity index (χ1n) is 5.12. The van der Waals surface area contributed by atoms with E-state index in [-0.39, 0.29) is 5.92 Å². The first-order valence-corrected chi connectivity index (χ1v) is 5.12. The van der Waals surface area contributed by atoms with Crippen molar-refractivity contribution < 1.29 is 0 Å². The molecule has 14 heavy (non-hydrogen) atoms. The average Bonchev–Trinajstić information content (AvgIpc) is 2.16. The maximum atomic E-state index is 8.90. The molecule has 0 aliphatic heterocycles. The van der Waals surface area contributed by atoms with Crippen molar-refractivity contribution in [3.63, 3.8) is 0 Å². The van der Waals surface area contributed by atoms with E-state index in [2.05, 4.69) is 32.0 Å². The summed E-state index contributed by atoms with van der Waals surface area (Å²) in [6.07, 6.45) is 1.06. The van der Waals surface area contributed by atoms with Gasteiger partial charge in [0.15, 0.2) is 0 Å². The van der Waals surface area contributed by atoms with Gasteiger partial charge in [-0.3, -0.25) is 0 Å². The molecule has 0 bridgehead atoms. The van der Waals surface area contributed by atoms with E-state index in [1.807, 2.05) is 19.1 Å². The molecule has 0 N–H and O–H groups in total. The van der Waals surface area contributed by atoms with Crippen LogP contribution in [0.15, 0.2) is 24.3 Å². The van der Waals surface area contributed by atoms with Crippen LogP contribution in [0.25, 0.3) is 0 Å². The predicted molar refractivity (Wildman–Crippen MR) is 59.0 cm³/mol.